The molecular weight excluding hydrogens is 126 g/mol. The van der Waals surface area contributed by atoms with Crippen molar-refractivity contribution in [3.63, 3.8) is 0 Å². The minimum Gasteiger partial charge on any atom is -0.294 e. The summed E-state index contributed by atoms with van der Waals surface area (Å²) in [6.07, 6.45) is 5.00. The van der Waals surface area contributed by atoms with E-state index in [-0.39, 0.29) is 0 Å². The first-order valence-electron chi connectivity index (χ1n) is 3.03. The van der Waals surface area contributed by atoms with E-state index < -0.39 is 0 Å². The predicted molar refractivity (Wildman–Crippen MR) is 40.3 cm³/mol. The lowest BCUT2D eigenvalue weighted by Crippen LogP contribution is -1.92. The summed E-state index contributed by atoms with van der Waals surface area (Å²) in [7, 11) is 1.72. The lowest BCUT2D eigenvalue weighted by atomic mass is 10.3. The van der Waals surface area contributed by atoms with Gasteiger partial charge in [-0.2, -0.15) is 0 Å². The molecule has 0 aromatic carbocycles. The van der Waals surface area contributed by atoms with Gasteiger partial charge < -0.3 is 0 Å². The van der Waals surface area contributed by atoms with E-state index in [1.54, 1.807) is 19.5 Å². The van der Waals surface area contributed by atoms with E-state index >= 15 is 0 Å². The largest absolute Gasteiger partial charge is 0.294 e. The fourth-order valence-electron chi connectivity index (χ4n) is 0.666. The molecule has 0 aliphatic rings. The molecule has 3 nitrogen and oxygen atoms in total. The van der Waals surface area contributed by atoms with E-state index in [1.165, 1.54) is 6.33 Å². The van der Waals surface area contributed by atoms with Crippen LogP contribution in [0.3, 0.4) is 0 Å². The average molecular weight is 135 g/mol. The molecule has 0 aliphatic carbocycles. The number of aromatic nitrogens is 2. The molecule has 1 aromatic rings. The van der Waals surface area contributed by atoms with Crippen LogP contribution in [0, 0.1) is 6.92 Å². The van der Waals surface area contributed by atoms with Gasteiger partial charge in [0.2, 0.25) is 0 Å². The van der Waals surface area contributed by atoms with Gasteiger partial charge in [-0.05, 0) is 12.5 Å². The van der Waals surface area contributed by atoms with Crippen LogP contribution >= 0.6 is 0 Å². The van der Waals surface area contributed by atoms with Crippen LogP contribution in [0.1, 0.15) is 11.3 Å². The smallest absolute Gasteiger partial charge is 0.116 e. The Morgan fingerprint density at radius 1 is 1.60 bits per heavy atom. The van der Waals surface area contributed by atoms with Crippen LogP contribution < -0.4 is 0 Å². The SMILES string of the molecule is C/N=C\c1ncncc1C. The second kappa shape index (κ2) is 3.06. The van der Waals surface area contributed by atoms with Crippen molar-refractivity contribution in [2.24, 2.45) is 4.99 Å². The van der Waals surface area contributed by atoms with Crippen LogP contribution in [0.25, 0.3) is 0 Å². The monoisotopic (exact) mass is 135 g/mol. The number of aryl methyl sites for hydroxylation is 1. The molecule has 0 bridgehead atoms. The molecule has 0 saturated carbocycles. The molecule has 0 amide bonds. The van der Waals surface area contributed by atoms with Gasteiger partial charge in [-0.3, -0.25) is 4.99 Å². The van der Waals surface area contributed by atoms with Crippen LogP contribution in [0.15, 0.2) is 17.5 Å². The number of rotatable bonds is 1. The Morgan fingerprint density at radius 3 is 3.00 bits per heavy atom. The lowest BCUT2D eigenvalue weighted by molar-refractivity contribution is 1.11. The van der Waals surface area contributed by atoms with Gasteiger partial charge in [-0.1, -0.05) is 0 Å². The number of hydrogen-bond donors (Lipinski definition) is 0. The molecule has 0 spiro atoms. The van der Waals surface area contributed by atoms with Crippen molar-refractivity contribution in [3.8, 4) is 0 Å². The van der Waals surface area contributed by atoms with E-state index in [9.17, 15) is 0 Å². The molecule has 1 aromatic heterocycles. The molecule has 52 valence electrons. The Labute approximate surface area is 59.9 Å². The van der Waals surface area contributed by atoms with E-state index in [0.29, 0.717) is 0 Å². The van der Waals surface area contributed by atoms with Gasteiger partial charge in [0, 0.05) is 19.5 Å². The first-order valence-corrected chi connectivity index (χ1v) is 3.03. The van der Waals surface area contributed by atoms with Crippen LogP contribution in [-0.2, 0) is 0 Å². The molecule has 1 heterocycles. The Kier molecular flexibility index (Phi) is 2.10. The lowest BCUT2D eigenvalue weighted by Gasteiger charge is -1.93. The summed E-state index contributed by atoms with van der Waals surface area (Å²) in [5.74, 6) is 0. The third-order valence-corrected chi connectivity index (χ3v) is 1.19. The first-order chi connectivity index (χ1) is 4.84. The van der Waals surface area contributed by atoms with Crippen molar-refractivity contribution in [1.29, 1.82) is 0 Å². The summed E-state index contributed by atoms with van der Waals surface area (Å²) in [5, 5.41) is 0. The quantitative estimate of drug-likeness (QED) is 0.535. The molecule has 0 radical (unpaired) electrons. The van der Waals surface area contributed by atoms with Gasteiger partial charge in [0.25, 0.3) is 0 Å². The van der Waals surface area contributed by atoms with Crippen LogP contribution in [-0.4, -0.2) is 23.2 Å². The van der Waals surface area contributed by atoms with Crippen molar-refractivity contribution in [1.82, 2.24) is 9.97 Å². The highest BCUT2D eigenvalue weighted by Gasteiger charge is 1.91. The molecule has 0 fully saturated rings. The normalized spacial score (nSPS) is 10.6. The highest BCUT2D eigenvalue weighted by molar-refractivity contribution is 5.78. The maximum absolute atomic E-state index is 4.01. The molecule has 0 aliphatic heterocycles. The minimum absolute atomic E-state index is 0.887. The van der Waals surface area contributed by atoms with E-state index in [4.69, 9.17) is 0 Å². The topological polar surface area (TPSA) is 38.1 Å². The van der Waals surface area contributed by atoms with Crippen molar-refractivity contribution in [2.45, 2.75) is 6.92 Å². The molecule has 0 N–H and O–H groups in total. The van der Waals surface area contributed by atoms with Crippen molar-refractivity contribution in [2.75, 3.05) is 7.05 Å². The van der Waals surface area contributed by atoms with Crippen LogP contribution in [0.2, 0.25) is 0 Å². The highest BCUT2D eigenvalue weighted by Crippen LogP contribution is 1.96. The second-order valence-corrected chi connectivity index (χ2v) is 1.98. The zero-order valence-corrected chi connectivity index (χ0v) is 6.07. The highest BCUT2D eigenvalue weighted by atomic mass is 14.8. The zero-order valence-electron chi connectivity index (χ0n) is 6.07. The molecule has 0 unspecified atom stereocenters. The summed E-state index contributed by atoms with van der Waals surface area (Å²) in [4.78, 5) is 11.7. The molecule has 0 atom stereocenters. The van der Waals surface area contributed by atoms with Crippen LogP contribution in [0.4, 0.5) is 0 Å². The van der Waals surface area contributed by atoms with Gasteiger partial charge >= 0.3 is 0 Å². The predicted octanol–water partition coefficient (Wildman–Crippen LogP) is 0.834. The summed E-state index contributed by atoms with van der Waals surface area (Å²) < 4.78 is 0. The van der Waals surface area contributed by atoms with Crippen molar-refractivity contribution in [3.05, 3.63) is 23.8 Å². The van der Waals surface area contributed by atoms with Gasteiger partial charge in [0.1, 0.15) is 6.33 Å². The molecule has 10 heavy (non-hydrogen) atoms. The zero-order chi connectivity index (χ0) is 7.40. The Morgan fingerprint density at radius 2 is 2.40 bits per heavy atom. The fourth-order valence-corrected chi connectivity index (χ4v) is 0.666. The van der Waals surface area contributed by atoms with Gasteiger partial charge in [0.15, 0.2) is 0 Å². The number of aliphatic imine (C=N–C) groups is 1. The summed E-state index contributed by atoms with van der Waals surface area (Å²) in [6.45, 7) is 1.96. The third kappa shape index (κ3) is 1.37. The van der Waals surface area contributed by atoms with Gasteiger partial charge in [-0.15, -0.1) is 0 Å². The summed E-state index contributed by atoms with van der Waals surface area (Å²) in [5.41, 5.74) is 1.94. The molecular formula is C7H9N3. The maximum Gasteiger partial charge on any atom is 0.116 e. The first kappa shape index (κ1) is 6.86. The van der Waals surface area contributed by atoms with E-state index in [0.717, 1.165) is 11.3 Å². The van der Waals surface area contributed by atoms with Gasteiger partial charge in [-0.25, -0.2) is 9.97 Å². The number of nitrogens with zero attached hydrogens (tertiary/aromatic N) is 3. The Bertz CT molecular complexity index is 242. The van der Waals surface area contributed by atoms with Crippen molar-refractivity contribution >= 4 is 6.21 Å². The Balaban J connectivity index is 3.03. The summed E-state index contributed by atoms with van der Waals surface area (Å²) in [6, 6.07) is 0. The van der Waals surface area contributed by atoms with Crippen LogP contribution in [0.5, 0.6) is 0 Å². The minimum atomic E-state index is 0.887. The standard InChI is InChI=1S/C7H9N3/c1-6-3-9-5-10-7(6)4-8-2/h3-5H,1-2H3/b8-4-. The maximum atomic E-state index is 4.01. The number of hydrogen-bond acceptors (Lipinski definition) is 3. The van der Waals surface area contributed by atoms with E-state index in [2.05, 4.69) is 15.0 Å². The fraction of sp³-hybridized carbons (Fsp3) is 0.286. The van der Waals surface area contributed by atoms with Gasteiger partial charge in [0.05, 0.1) is 5.69 Å². The molecule has 1 rings (SSSR count). The molecule has 3 heteroatoms. The Hall–Kier alpha value is -1.25. The average Bonchev–Trinajstić information content (AvgIpc) is 1.94. The third-order valence-electron chi connectivity index (χ3n) is 1.19. The van der Waals surface area contributed by atoms with E-state index in [1.807, 2.05) is 6.92 Å². The molecule has 0 saturated heterocycles. The second-order valence-electron chi connectivity index (χ2n) is 1.98. The van der Waals surface area contributed by atoms with Crippen molar-refractivity contribution < 1.29 is 0 Å². The summed E-state index contributed by atoms with van der Waals surface area (Å²) >= 11 is 0.